The number of carbonyl (C=O) groups excluding carboxylic acids is 2. The molecule has 0 spiro atoms. The SMILES string of the molecule is Cc1cc(NC(=O)N2CCC(NC(=O)c3occc3C)CC2)on1. The summed E-state index contributed by atoms with van der Waals surface area (Å²) < 4.78 is 10.2. The van der Waals surface area contributed by atoms with Crippen molar-refractivity contribution in [3.8, 4) is 0 Å². The Kier molecular flexibility index (Phi) is 4.54. The van der Waals surface area contributed by atoms with Gasteiger partial charge in [0.05, 0.1) is 12.0 Å². The van der Waals surface area contributed by atoms with E-state index >= 15 is 0 Å². The third-order valence-corrected chi connectivity index (χ3v) is 4.04. The van der Waals surface area contributed by atoms with Crippen molar-refractivity contribution in [2.75, 3.05) is 18.4 Å². The van der Waals surface area contributed by atoms with Crippen LogP contribution >= 0.6 is 0 Å². The lowest BCUT2D eigenvalue weighted by atomic mass is 10.1. The van der Waals surface area contributed by atoms with E-state index < -0.39 is 0 Å². The van der Waals surface area contributed by atoms with Gasteiger partial charge in [-0.25, -0.2) is 4.79 Å². The number of hydrogen-bond donors (Lipinski definition) is 2. The van der Waals surface area contributed by atoms with Crippen molar-refractivity contribution < 1.29 is 18.5 Å². The number of anilines is 1. The molecule has 2 aromatic rings. The molecule has 0 atom stereocenters. The number of furan rings is 1. The fraction of sp³-hybridized carbons (Fsp3) is 0.438. The van der Waals surface area contributed by atoms with Crippen LogP contribution in [0.25, 0.3) is 0 Å². The predicted molar refractivity (Wildman–Crippen MR) is 85.8 cm³/mol. The van der Waals surface area contributed by atoms with Gasteiger partial charge in [0.25, 0.3) is 5.91 Å². The summed E-state index contributed by atoms with van der Waals surface area (Å²) in [7, 11) is 0. The van der Waals surface area contributed by atoms with Gasteiger partial charge >= 0.3 is 6.03 Å². The average Bonchev–Trinajstić information content (AvgIpc) is 3.16. The molecule has 0 unspecified atom stereocenters. The molecule has 3 amide bonds. The lowest BCUT2D eigenvalue weighted by molar-refractivity contribution is 0.0890. The van der Waals surface area contributed by atoms with Crippen LogP contribution in [0.4, 0.5) is 10.7 Å². The number of hydrogen-bond acceptors (Lipinski definition) is 5. The van der Waals surface area contributed by atoms with Crippen molar-refractivity contribution in [3.05, 3.63) is 35.4 Å². The van der Waals surface area contributed by atoms with Crippen LogP contribution in [0.1, 0.15) is 34.7 Å². The van der Waals surface area contributed by atoms with Gasteiger partial charge in [0.1, 0.15) is 0 Å². The van der Waals surface area contributed by atoms with E-state index in [-0.39, 0.29) is 18.0 Å². The van der Waals surface area contributed by atoms with Crippen LogP contribution in [0.2, 0.25) is 0 Å². The van der Waals surface area contributed by atoms with E-state index in [1.807, 2.05) is 6.92 Å². The highest BCUT2D eigenvalue weighted by atomic mass is 16.5. The van der Waals surface area contributed by atoms with Crippen molar-refractivity contribution >= 4 is 17.8 Å². The third kappa shape index (κ3) is 3.58. The number of likely N-dealkylation sites (tertiary alicyclic amines) is 1. The largest absolute Gasteiger partial charge is 0.459 e. The summed E-state index contributed by atoms with van der Waals surface area (Å²) in [6.07, 6.45) is 2.88. The minimum Gasteiger partial charge on any atom is -0.459 e. The molecule has 0 saturated carbocycles. The van der Waals surface area contributed by atoms with Gasteiger partial charge in [-0.1, -0.05) is 5.16 Å². The molecule has 1 aliphatic heterocycles. The number of piperidine rings is 1. The van der Waals surface area contributed by atoms with Crippen molar-refractivity contribution in [1.29, 1.82) is 0 Å². The summed E-state index contributed by atoms with van der Waals surface area (Å²) in [5.41, 5.74) is 1.52. The number of aromatic nitrogens is 1. The molecule has 1 fully saturated rings. The van der Waals surface area contributed by atoms with Crippen LogP contribution in [0.3, 0.4) is 0 Å². The van der Waals surface area contributed by atoms with Gasteiger partial charge in [0.15, 0.2) is 5.76 Å². The van der Waals surface area contributed by atoms with E-state index in [0.29, 0.717) is 43.3 Å². The summed E-state index contributed by atoms with van der Waals surface area (Å²) >= 11 is 0. The summed E-state index contributed by atoms with van der Waals surface area (Å²) in [6.45, 7) is 4.73. The first-order valence-corrected chi connectivity index (χ1v) is 7.87. The van der Waals surface area contributed by atoms with E-state index in [0.717, 1.165) is 5.56 Å². The van der Waals surface area contributed by atoms with Gasteiger partial charge in [-0.05, 0) is 32.8 Å². The second kappa shape index (κ2) is 6.77. The molecule has 2 aromatic heterocycles. The molecule has 2 N–H and O–H groups in total. The third-order valence-electron chi connectivity index (χ3n) is 4.04. The Balaban J connectivity index is 1.48. The van der Waals surface area contributed by atoms with Gasteiger partial charge in [-0.15, -0.1) is 0 Å². The van der Waals surface area contributed by atoms with Gasteiger partial charge in [-0.2, -0.15) is 0 Å². The summed E-state index contributed by atoms with van der Waals surface area (Å²) in [4.78, 5) is 26.0. The smallest absolute Gasteiger partial charge is 0.324 e. The molecule has 3 rings (SSSR count). The molecule has 0 bridgehead atoms. The highest BCUT2D eigenvalue weighted by Gasteiger charge is 2.25. The van der Waals surface area contributed by atoms with Crippen molar-refractivity contribution in [2.24, 2.45) is 0 Å². The summed E-state index contributed by atoms with van der Waals surface area (Å²) in [6, 6.07) is 3.22. The average molecular weight is 332 g/mol. The molecule has 1 saturated heterocycles. The Hall–Kier alpha value is -2.77. The molecule has 3 heterocycles. The molecule has 24 heavy (non-hydrogen) atoms. The van der Waals surface area contributed by atoms with Gasteiger partial charge in [0, 0.05) is 30.8 Å². The highest BCUT2D eigenvalue weighted by molar-refractivity contribution is 5.93. The van der Waals surface area contributed by atoms with Gasteiger partial charge in [0.2, 0.25) is 5.88 Å². The molecule has 1 aliphatic rings. The standard InChI is InChI=1S/C16H20N4O4/c1-10-5-8-23-14(10)15(21)17-12-3-6-20(7-4-12)16(22)18-13-9-11(2)19-24-13/h5,8-9,12H,3-4,6-7H2,1-2H3,(H,17,21)(H,18,22). The number of amides is 3. The Morgan fingerprint density at radius 3 is 2.62 bits per heavy atom. The van der Waals surface area contributed by atoms with Crippen LogP contribution < -0.4 is 10.6 Å². The lowest BCUT2D eigenvalue weighted by Crippen LogP contribution is -2.47. The van der Waals surface area contributed by atoms with Crippen LogP contribution in [-0.2, 0) is 0 Å². The van der Waals surface area contributed by atoms with E-state index in [1.54, 1.807) is 24.0 Å². The number of carbonyl (C=O) groups is 2. The maximum absolute atomic E-state index is 12.2. The van der Waals surface area contributed by atoms with Crippen LogP contribution in [-0.4, -0.2) is 41.1 Å². The number of nitrogens with zero attached hydrogens (tertiary/aromatic N) is 2. The van der Waals surface area contributed by atoms with Crippen molar-refractivity contribution in [3.63, 3.8) is 0 Å². The second-order valence-corrected chi connectivity index (χ2v) is 5.93. The highest BCUT2D eigenvalue weighted by Crippen LogP contribution is 2.15. The second-order valence-electron chi connectivity index (χ2n) is 5.93. The zero-order valence-corrected chi connectivity index (χ0v) is 13.7. The Morgan fingerprint density at radius 2 is 2.04 bits per heavy atom. The van der Waals surface area contributed by atoms with Gasteiger partial charge in [-0.3, -0.25) is 10.1 Å². The number of urea groups is 1. The minimum absolute atomic E-state index is 0.0265. The molecule has 0 radical (unpaired) electrons. The molecule has 8 nitrogen and oxygen atoms in total. The van der Waals surface area contributed by atoms with E-state index in [4.69, 9.17) is 8.94 Å². The summed E-state index contributed by atoms with van der Waals surface area (Å²) in [5, 5.41) is 9.35. The first-order chi connectivity index (χ1) is 11.5. The zero-order chi connectivity index (χ0) is 17.1. The van der Waals surface area contributed by atoms with Crippen LogP contribution in [0.5, 0.6) is 0 Å². The minimum atomic E-state index is -0.224. The Labute approximate surface area is 139 Å². The number of nitrogens with one attached hydrogen (secondary N) is 2. The van der Waals surface area contributed by atoms with Crippen molar-refractivity contribution in [1.82, 2.24) is 15.4 Å². The van der Waals surface area contributed by atoms with E-state index in [9.17, 15) is 9.59 Å². The molecular weight excluding hydrogens is 312 g/mol. The molecule has 0 aromatic carbocycles. The topological polar surface area (TPSA) is 101 Å². The lowest BCUT2D eigenvalue weighted by Gasteiger charge is -2.31. The Morgan fingerprint density at radius 1 is 1.29 bits per heavy atom. The Bertz CT molecular complexity index is 728. The quantitative estimate of drug-likeness (QED) is 0.898. The maximum Gasteiger partial charge on any atom is 0.324 e. The monoisotopic (exact) mass is 332 g/mol. The molecule has 0 aliphatic carbocycles. The van der Waals surface area contributed by atoms with Crippen molar-refractivity contribution in [2.45, 2.75) is 32.7 Å². The predicted octanol–water partition coefficient (Wildman–Crippen LogP) is 2.31. The first-order valence-electron chi connectivity index (χ1n) is 7.87. The van der Waals surface area contributed by atoms with Crippen LogP contribution in [0, 0.1) is 13.8 Å². The molecule has 128 valence electrons. The zero-order valence-electron chi connectivity index (χ0n) is 13.7. The van der Waals surface area contributed by atoms with E-state index in [2.05, 4.69) is 15.8 Å². The first kappa shape index (κ1) is 16.1. The fourth-order valence-electron chi connectivity index (χ4n) is 2.69. The number of rotatable bonds is 3. The maximum atomic E-state index is 12.2. The van der Waals surface area contributed by atoms with E-state index in [1.165, 1.54) is 6.26 Å². The summed E-state index contributed by atoms with van der Waals surface area (Å²) in [5.74, 6) is 0.467. The number of aryl methyl sites for hydroxylation is 2. The normalized spacial score (nSPS) is 15.3. The molecule has 8 heteroatoms. The van der Waals surface area contributed by atoms with Gasteiger partial charge < -0.3 is 19.2 Å². The van der Waals surface area contributed by atoms with Crippen LogP contribution in [0.15, 0.2) is 27.3 Å². The molecular formula is C16H20N4O4. The fourth-order valence-corrected chi connectivity index (χ4v) is 2.69.